The minimum Gasteiger partial charge on any atom is -0.508 e. The first kappa shape index (κ1) is 17.6. The number of halogens is 3. The lowest BCUT2D eigenvalue weighted by molar-refractivity contribution is -0.137. The minimum atomic E-state index is -4.33. The van der Waals surface area contributed by atoms with Crippen molar-refractivity contribution >= 4 is 0 Å². The summed E-state index contributed by atoms with van der Waals surface area (Å²) in [5.41, 5.74) is 4.05. The number of alkyl halides is 3. The number of rotatable bonds is 3. The summed E-state index contributed by atoms with van der Waals surface area (Å²) in [4.78, 5) is 0. The summed E-state index contributed by atoms with van der Waals surface area (Å²) in [6, 6.07) is 12.1. The second-order valence-electron chi connectivity index (χ2n) is 6.60. The Hall–Kier alpha value is -2.80. The number of phenols is 1. The van der Waals surface area contributed by atoms with Crippen LogP contribution in [0.5, 0.6) is 5.75 Å². The molecule has 4 rings (SSSR count). The highest BCUT2D eigenvalue weighted by molar-refractivity contribution is 5.65. The highest BCUT2D eigenvalue weighted by Gasteiger charge is 2.30. The molecule has 4 nitrogen and oxygen atoms in total. The summed E-state index contributed by atoms with van der Waals surface area (Å²) < 4.78 is 40.1. The third-order valence-corrected chi connectivity index (χ3v) is 4.76. The maximum atomic E-state index is 12.7. The molecule has 0 radical (unpaired) electrons. The van der Waals surface area contributed by atoms with E-state index in [1.165, 1.54) is 12.1 Å². The number of nitrogens with one attached hydrogen (secondary N) is 1. The van der Waals surface area contributed by atoms with E-state index in [0.29, 0.717) is 13.1 Å². The van der Waals surface area contributed by atoms with E-state index in [1.807, 2.05) is 16.8 Å². The van der Waals surface area contributed by atoms with Gasteiger partial charge in [0, 0.05) is 36.3 Å². The van der Waals surface area contributed by atoms with E-state index in [1.54, 1.807) is 12.1 Å². The van der Waals surface area contributed by atoms with Gasteiger partial charge in [-0.25, -0.2) is 0 Å². The molecular formula is C20H18F3N3O. The molecule has 3 aromatic rings. The summed E-state index contributed by atoms with van der Waals surface area (Å²) in [6.45, 7) is 1.94. The Labute approximate surface area is 154 Å². The van der Waals surface area contributed by atoms with Gasteiger partial charge in [0.05, 0.1) is 17.8 Å². The van der Waals surface area contributed by atoms with Crippen LogP contribution < -0.4 is 5.32 Å². The molecule has 0 spiro atoms. The predicted molar refractivity (Wildman–Crippen MR) is 95.3 cm³/mol. The van der Waals surface area contributed by atoms with Crippen molar-refractivity contribution in [3.05, 3.63) is 70.9 Å². The molecule has 2 aromatic carbocycles. The number of phenolic OH excluding ortho intramolecular Hbond substituents is 1. The van der Waals surface area contributed by atoms with E-state index >= 15 is 0 Å². The topological polar surface area (TPSA) is 50.1 Å². The first-order valence-electron chi connectivity index (χ1n) is 8.66. The predicted octanol–water partition coefficient (Wildman–Crippen LogP) is 3.97. The Bertz CT molecular complexity index is 944. The Morgan fingerprint density at radius 3 is 2.41 bits per heavy atom. The van der Waals surface area contributed by atoms with Gasteiger partial charge in [-0.1, -0.05) is 12.1 Å². The fourth-order valence-corrected chi connectivity index (χ4v) is 3.37. The summed E-state index contributed by atoms with van der Waals surface area (Å²) in [5.74, 6) is 0.190. The maximum Gasteiger partial charge on any atom is 0.416 e. The molecule has 1 aliphatic heterocycles. The molecule has 0 bridgehead atoms. The van der Waals surface area contributed by atoms with Crippen LogP contribution in [0.4, 0.5) is 13.2 Å². The van der Waals surface area contributed by atoms with Gasteiger partial charge in [0.15, 0.2) is 0 Å². The lowest BCUT2D eigenvalue weighted by Crippen LogP contribution is -2.25. The average molecular weight is 373 g/mol. The molecule has 0 aliphatic carbocycles. The van der Waals surface area contributed by atoms with Crippen LogP contribution in [0.2, 0.25) is 0 Å². The zero-order valence-corrected chi connectivity index (χ0v) is 14.4. The van der Waals surface area contributed by atoms with Crippen LogP contribution in [0.3, 0.4) is 0 Å². The van der Waals surface area contributed by atoms with E-state index in [9.17, 15) is 18.3 Å². The molecule has 27 heavy (non-hydrogen) atoms. The van der Waals surface area contributed by atoms with Gasteiger partial charge < -0.3 is 10.4 Å². The Morgan fingerprint density at radius 2 is 1.74 bits per heavy atom. The van der Waals surface area contributed by atoms with Crippen molar-refractivity contribution in [2.45, 2.75) is 25.7 Å². The molecule has 0 fully saturated rings. The van der Waals surface area contributed by atoms with Gasteiger partial charge in [0.2, 0.25) is 0 Å². The molecule has 0 atom stereocenters. The Morgan fingerprint density at radius 1 is 1.04 bits per heavy atom. The molecule has 2 heterocycles. The molecule has 140 valence electrons. The van der Waals surface area contributed by atoms with Crippen molar-refractivity contribution in [1.82, 2.24) is 15.1 Å². The van der Waals surface area contributed by atoms with Gasteiger partial charge in [0.25, 0.3) is 0 Å². The fourth-order valence-electron chi connectivity index (χ4n) is 3.37. The number of benzene rings is 2. The highest BCUT2D eigenvalue weighted by atomic mass is 19.4. The minimum absolute atomic E-state index is 0.190. The summed E-state index contributed by atoms with van der Waals surface area (Å²) >= 11 is 0. The lowest BCUT2D eigenvalue weighted by atomic mass is 10.0. The fraction of sp³-hybridized carbons (Fsp3) is 0.250. The van der Waals surface area contributed by atoms with Crippen LogP contribution in [0.15, 0.2) is 48.5 Å². The number of hydrogen-bond acceptors (Lipinski definition) is 3. The standard InChI is InChI=1S/C20H18F3N3O/c21-20(22,23)15-5-1-13(2-6-15)12-26-18-9-10-24-11-17(18)19(25-26)14-3-7-16(27)8-4-14/h1-8,24,27H,9-12H2. The van der Waals surface area contributed by atoms with Gasteiger partial charge >= 0.3 is 6.18 Å². The van der Waals surface area contributed by atoms with Crippen molar-refractivity contribution in [2.75, 3.05) is 6.54 Å². The van der Waals surface area contributed by atoms with Gasteiger partial charge in [-0.15, -0.1) is 0 Å². The van der Waals surface area contributed by atoms with Gasteiger partial charge in [0.1, 0.15) is 5.75 Å². The molecule has 1 aliphatic rings. The zero-order valence-electron chi connectivity index (χ0n) is 14.4. The molecule has 0 saturated carbocycles. The van der Waals surface area contributed by atoms with Crippen LogP contribution in [0.25, 0.3) is 11.3 Å². The molecule has 7 heteroatoms. The Kier molecular flexibility index (Phi) is 4.39. The number of hydrogen-bond donors (Lipinski definition) is 2. The molecule has 0 amide bonds. The van der Waals surface area contributed by atoms with E-state index < -0.39 is 11.7 Å². The summed E-state index contributed by atoms with van der Waals surface area (Å²) in [6.07, 6.45) is -3.53. The molecule has 0 saturated heterocycles. The molecular weight excluding hydrogens is 355 g/mol. The lowest BCUT2D eigenvalue weighted by Gasteiger charge is -2.16. The monoisotopic (exact) mass is 373 g/mol. The van der Waals surface area contributed by atoms with Gasteiger partial charge in [-0.3, -0.25) is 4.68 Å². The van der Waals surface area contributed by atoms with Crippen LogP contribution >= 0.6 is 0 Å². The van der Waals surface area contributed by atoms with Crippen molar-refractivity contribution in [1.29, 1.82) is 0 Å². The van der Waals surface area contributed by atoms with Crippen LogP contribution in [-0.4, -0.2) is 21.4 Å². The summed E-state index contributed by atoms with van der Waals surface area (Å²) in [5, 5.41) is 17.6. The van der Waals surface area contributed by atoms with Crippen LogP contribution in [0.1, 0.15) is 22.4 Å². The first-order valence-corrected chi connectivity index (χ1v) is 8.66. The smallest absolute Gasteiger partial charge is 0.416 e. The van der Waals surface area contributed by atoms with Gasteiger partial charge in [-0.2, -0.15) is 18.3 Å². The van der Waals surface area contributed by atoms with E-state index in [0.717, 1.165) is 53.2 Å². The first-order chi connectivity index (χ1) is 12.9. The van der Waals surface area contributed by atoms with Crippen molar-refractivity contribution in [2.24, 2.45) is 0 Å². The Balaban J connectivity index is 1.68. The SMILES string of the molecule is Oc1ccc(-c2nn(Cc3ccc(C(F)(F)F)cc3)c3c2CNCC3)cc1. The summed E-state index contributed by atoms with van der Waals surface area (Å²) in [7, 11) is 0. The molecule has 1 aromatic heterocycles. The second-order valence-corrected chi connectivity index (χ2v) is 6.60. The van der Waals surface area contributed by atoms with Crippen molar-refractivity contribution in [3.8, 4) is 17.0 Å². The zero-order chi connectivity index (χ0) is 19.0. The largest absolute Gasteiger partial charge is 0.508 e. The molecule has 0 unspecified atom stereocenters. The number of nitrogens with zero attached hydrogens (tertiary/aromatic N) is 2. The third-order valence-electron chi connectivity index (χ3n) is 4.76. The van der Waals surface area contributed by atoms with Gasteiger partial charge in [-0.05, 0) is 42.0 Å². The number of fused-ring (bicyclic) bond motifs is 1. The van der Waals surface area contributed by atoms with Crippen molar-refractivity contribution < 1.29 is 18.3 Å². The number of aromatic nitrogens is 2. The van der Waals surface area contributed by atoms with E-state index in [-0.39, 0.29) is 5.75 Å². The van der Waals surface area contributed by atoms with Crippen LogP contribution in [0, 0.1) is 0 Å². The van der Waals surface area contributed by atoms with Crippen LogP contribution in [-0.2, 0) is 25.7 Å². The highest BCUT2D eigenvalue weighted by Crippen LogP contribution is 2.31. The normalized spacial score (nSPS) is 14.2. The maximum absolute atomic E-state index is 12.7. The van der Waals surface area contributed by atoms with E-state index in [4.69, 9.17) is 5.10 Å². The molecule has 2 N–H and O–H groups in total. The number of aromatic hydroxyl groups is 1. The van der Waals surface area contributed by atoms with E-state index in [2.05, 4.69) is 5.32 Å². The average Bonchev–Trinajstić information content (AvgIpc) is 3.01. The van der Waals surface area contributed by atoms with Crippen molar-refractivity contribution in [3.63, 3.8) is 0 Å². The quantitative estimate of drug-likeness (QED) is 0.731. The third kappa shape index (κ3) is 3.55. The second kappa shape index (κ2) is 6.74.